The van der Waals surface area contributed by atoms with Gasteiger partial charge in [0.2, 0.25) is 5.91 Å². The Balaban J connectivity index is 2.07. The Kier molecular flexibility index (Phi) is 4.96. The maximum absolute atomic E-state index is 12.3. The van der Waals surface area contributed by atoms with E-state index < -0.39 is 12.0 Å². The van der Waals surface area contributed by atoms with Crippen LogP contribution in [0, 0.1) is 0 Å². The van der Waals surface area contributed by atoms with E-state index in [-0.39, 0.29) is 5.91 Å². The van der Waals surface area contributed by atoms with Crippen LogP contribution in [0.2, 0.25) is 0 Å². The zero-order valence-electron chi connectivity index (χ0n) is 10.9. The monoisotopic (exact) mass is 281 g/mol. The van der Waals surface area contributed by atoms with Crippen molar-refractivity contribution in [1.29, 1.82) is 0 Å². The number of carboxylic acids is 1. The first-order chi connectivity index (χ1) is 9.18. The van der Waals surface area contributed by atoms with Crippen molar-refractivity contribution < 1.29 is 14.7 Å². The fraction of sp³-hybridized carbons (Fsp3) is 0.571. The van der Waals surface area contributed by atoms with Gasteiger partial charge in [0.25, 0.3) is 0 Å². The predicted octanol–water partition coefficient (Wildman–Crippen LogP) is 2.54. The van der Waals surface area contributed by atoms with Crippen LogP contribution in [0.25, 0.3) is 0 Å². The molecule has 0 saturated carbocycles. The maximum atomic E-state index is 12.3. The SMILES string of the molecule is O=C(O)[C@@H]1CCCCCCN1C(=O)Cc1ccsc1. The number of nitrogens with zero attached hydrogens (tertiary/aromatic N) is 1. The minimum absolute atomic E-state index is 0.0623. The summed E-state index contributed by atoms with van der Waals surface area (Å²) in [5, 5.41) is 13.2. The summed E-state index contributed by atoms with van der Waals surface area (Å²) in [6.07, 6.45) is 4.82. The molecule has 104 valence electrons. The average molecular weight is 281 g/mol. The molecule has 1 saturated heterocycles. The molecule has 1 atom stereocenters. The van der Waals surface area contributed by atoms with Gasteiger partial charge in [0.1, 0.15) is 6.04 Å². The van der Waals surface area contributed by atoms with Crippen molar-refractivity contribution in [3.63, 3.8) is 0 Å². The van der Waals surface area contributed by atoms with E-state index >= 15 is 0 Å². The summed E-state index contributed by atoms with van der Waals surface area (Å²) in [7, 11) is 0. The van der Waals surface area contributed by atoms with E-state index in [9.17, 15) is 14.7 Å². The number of amides is 1. The maximum Gasteiger partial charge on any atom is 0.326 e. The van der Waals surface area contributed by atoms with Crippen LogP contribution in [0.5, 0.6) is 0 Å². The molecule has 0 radical (unpaired) electrons. The van der Waals surface area contributed by atoms with E-state index in [0.717, 1.165) is 31.2 Å². The van der Waals surface area contributed by atoms with Gasteiger partial charge in [-0.3, -0.25) is 4.79 Å². The Morgan fingerprint density at radius 1 is 1.32 bits per heavy atom. The third-order valence-electron chi connectivity index (χ3n) is 3.54. The molecule has 0 aliphatic carbocycles. The number of hydrogen-bond acceptors (Lipinski definition) is 3. The normalized spacial score (nSPS) is 20.6. The number of carbonyl (C=O) groups excluding carboxylic acids is 1. The van der Waals surface area contributed by atoms with Gasteiger partial charge in [-0.2, -0.15) is 11.3 Å². The molecule has 1 aromatic rings. The molecule has 1 fully saturated rings. The van der Waals surface area contributed by atoms with E-state index in [0.29, 0.717) is 19.4 Å². The number of carbonyl (C=O) groups is 2. The van der Waals surface area contributed by atoms with Crippen molar-refractivity contribution in [2.24, 2.45) is 0 Å². The lowest BCUT2D eigenvalue weighted by Crippen LogP contribution is -2.46. The first-order valence-corrected chi connectivity index (χ1v) is 7.66. The number of hydrogen-bond donors (Lipinski definition) is 1. The molecule has 0 aromatic carbocycles. The third kappa shape index (κ3) is 3.80. The minimum atomic E-state index is -0.874. The number of likely N-dealkylation sites (tertiary alicyclic amines) is 1. The minimum Gasteiger partial charge on any atom is -0.480 e. The van der Waals surface area contributed by atoms with E-state index in [2.05, 4.69) is 0 Å². The fourth-order valence-corrected chi connectivity index (χ4v) is 3.18. The number of rotatable bonds is 3. The second kappa shape index (κ2) is 6.70. The molecular weight excluding hydrogens is 262 g/mol. The molecule has 19 heavy (non-hydrogen) atoms. The van der Waals surface area contributed by atoms with Crippen molar-refractivity contribution >= 4 is 23.2 Å². The van der Waals surface area contributed by atoms with Crippen molar-refractivity contribution in [1.82, 2.24) is 4.90 Å². The van der Waals surface area contributed by atoms with Crippen LogP contribution < -0.4 is 0 Å². The Labute approximate surface area is 117 Å². The van der Waals surface area contributed by atoms with Gasteiger partial charge in [-0.1, -0.05) is 19.3 Å². The van der Waals surface area contributed by atoms with Crippen molar-refractivity contribution in [3.8, 4) is 0 Å². The molecule has 0 spiro atoms. The highest BCUT2D eigenvalue weighted by atomic mass is 32.1. The topological polar surface area (TPSA) is 57.6 Å². The van der Waals surface area contributed by atoms with Crippen LogP contribution >= 0.6 is 11.3 Å². The molecule has 1 N–H and O–H groups in total. The average Bonchev–Trinajstić information content (AvgIpc) is 2.80. The largest absolute Gasteiger partial charge is 0.480 e. The van der Waals surface area contributed by atoms with Gasteiger partial charge in [0.15, 0.2) is 0 Å². The number of aliphatic carboxylic acids is 1. The summed E-state index contributed by atoms with van der Waals surface area (Å²) in [4.78, 5) is 25.2. The Morgan fingerprint density at radius 2 is 2.11 bits per heavy atom. The molecule has 1 aromatic heterocycles. The quantitative estimate of drug-likeness (QED) is 0.926. The fourth-order valence-electron chi connectivity index (χ4n) is 2.51. The lowest BCUT2D eigenvalue weighted by molar-refractivity contribution is -0.150. The molecule has 1 aliphatic heterocycles. The summed E-state index contributed by atoms with van der Waals surface area (Å²) in [5.74, 6) is -0.937. The van der Waals surface area contributed by atoms with Crippen LogP contribution in [0.4, 0.5) is 0 Å². The molecule has 4 nitrogen and oxygen atoms in total. The van der Waals surface area contributed by atoms with Gasteiger partial charge in [0, 0.05) is 6.54 Å². The number of thiophene rings is 1. The van der Waals surface area contributed by atoms with Gasteiger partial charge < -0.3 is 10.0 Å². The molecule has 2 rings (SSSR count). The van der Waals surface area contributed by atoms with Crippen LogP contribution in [0.3, 0.4) is 0 Å². The summed E-state index contributed by atoms with van der Waals surface area (Å²) >= 11 is 1.56. The van der Waals surface area contributed by atoms with E-state index in [1.165, 1.54) is 0 Å². The van der Waals surface area contributed by atoms with Crippen molar-refractivity contribution in [2.45, 2.75) is 44.6 Å². The van der Waals surface area contributed by atoms with Crippen LogP contribution in [-0.2, 0) is 16.0 Å². The van der Waals surface area contributed by atoms with Gasteiger partial charge in [-0.05, 0) is 35.2 Å². The third-order valence-corrected chi connectivity index (χ3v) is 4.28. The Hall–Kier alpha value is -1.36. The zero-order chi connectivity index (χ0) is 13.7. The molecular formula is C14H19NO3S. The van der Waals surface area contributed by atoms with E-state index in [1.807, 2.05) is 16.8 Å². The Morgan fingerprint density at radius 3 is 2.79 bits per heavy atom. The summed E-state index contributed by atoms with van der Waals surface area (Å²) in [6.45, 7) is 0.569. The van der Waals surface area contributed by atoms with Crippen LogP contribution in [0.1, 0.15) is 37.7 Å². The highest BCUT2D eigenvalue weighted by Gasteiger charge is 2.29. The molecule has 5 heteroatoms. The van der Waals surface area contributed by atoms with Gasteiger partial charge >= 0.3 is 5.97 Å². The highest BCUT2D eigenvalue weighted by molar-refractivity contribution is 7.07. The lowest BCUT2D eigenvalue weighted by Gasteiger charge is -2.31. The highest BCUT2D eigenvalue weighted by Crippen LogP contribution is 2.18. The lowest BCUT2D eigenvalue weighted by atomic mass is 10.0. The molecule has 0 bridgehead atoms. The van der Waals surface area contributed by atoms with Crippen LogP contribution in [-0.4, -0.2) is 34.5 Å². The Bertz CT molecular complexity index is 430. The second-order valence-electron chi connectivity index (χ2n) is 4.95. The van der Waals surface area contributed by atoms with E-state index in [1.54, 1.807) is 16.2 Å². The summed E-state index contributed by atoms with van der Waals surface area (Å²) in [6, 6.07) is 1.27. The molecule has 0 unspecified atom stereocenters. The summed E-state index contributed by atoms with van der Waals surface area (Å²) in [5.41, 5.74) is 0.973. The summed E-state index contributed by atoms with van der Waals surface area (Å²) < 4.78 is 0. The van der Waals surface area contributed by atoms with Gasteiger partial charge in [-0.15, -0.1) is 0 Å². The van der Waals surface area contributed by atoms with E-state index in [4.69, 9.17) is 0 Å². The number of carboxylic acid groups (broad SMARTS) is 1. The second-order valence-corrected chi connectivity index (χ2v) is 5.73. The molecule has 2 heterocycles. The standard InChI is InChI=1S/C14H19NO3S/c16-13(9-11-6-8-19-10-11)15-7-4-2-1-3-5-12(15)14(17)18/h6,8,10,12H,1-5,7,9H2,(H,17,18)/t12-/m0/s1. The molecule has 1 aliphatic rings. The van der Waals surface area contributed by atoms with Gasteiger partial charge in [-0.25, -0.2) is 4.79 Å². The van der Waals surface area contributed by atoms with Gasteiger partial charge in [0.05, 0.1) is 6.42 Å². The van der Waals surface area contributed by atoms with Crippen molar-refractivity contribution in [2.75, 3.05) is 6.54 Å². The zero-order valence-corrected chi connectivity index (χ0v) is 11.7. The molecule has 1 amide bonds. The smallest absolute Gasteiger partial charge is 0.326 e. The van der Waals surface area contributed by atoms with Crippen molar-refractivity contribution in [3.05, 3.63) is 22.4 Å². The predicted molar refractivity (Wildman–Crippen MR) is 74.2 cm³/mol. The first kappa shape index (κ1) is 14.1. The van der Waals surface area contributed by atoms with Crippen LogP contribution in [0.15, 0.2) is 16.8 Å². The first-order valence-electron chi connectivity index (χ1n) is 6.72.